The van der Waals surface area contributed by atoms with E-state index in [1.165, 1.54) is 12.8 Å². The van der Waals surface area contributed by atoms with Gasteiger partial charge in [0.1, 0.15) is 0 Å². The van der Waals surface area contributed by atoms with Gasteiger partial charge in [-0.1, -0.05) is 18.5 Å². The highest BCUT2D eigenvalue weighted by molar-refractivity contribution is 7.11. The standard InChI is InChI=1S/C10H12Cl2S/c1-6(7-2-3-7)9(12)10-8(11)4-5-13-10/h4-7,9H,2-3H2,1H3. The van der Waals surface area contributed by atoms with E-state index in [0.717, 1.165) is 15.8 Å². The van der Waals surface area contributed by atoms with E-state index in [-0.39, 0.29) is 5.38 Å². The van der Waals surface area contributed by atoms with Gasteiger partial charge in [0.25, 0.3) is 0 Å². The van der Waals surface area contributed by atoms with Crippen LogP contribution in [0.5, 0.6) is 0 Å². The second kappa shape index (κ2) is 3.80. The van der Waals surface area contributed by atoms with Crippen LogP contribution in [0, 0.1) is 11.8 Å². The van der Waals surface area contributed by atoms with Gasteiger partial charge < -0.3 is 0 Å². The van der Waals surface area contributed by atoms with Crippen LogP contribution in [0.3, 0.4) is 0 Å². The van der Waals surface area contributed by atoms with Crippen LogP contribution in [0.2, 0.25) is 5.02 Å². The van der Waals surface area contributed by atoms with E-state index in [4.69, 9.17) is 23.2 Å². The average Bonchev–Trinajstić information content (AvgIpc) is 2.87. The minimum Gasteiger partial charge on any atom is -0.146 e. The van der Waals surface area contributed by atoms with Crippen molar-refractivity contribution in [3.8, 4) is 0 Å². The SMILES string of the molecule is CC(C1CC1)C(Cl)c1sccc1Cl. The Morgan fingerprint density at radius 3 is 2.69 bits per heavy atom. The second-order valence-electron chi connectivity index (χ2n) is 3.73. The molecule has 0 nitrogen and oxygen atoms in total. The average molecular weight is 235 g/mol. The lowest BCUT2D eigenvalue weighted by Gasteiger charge is -2.16. The molecule has 1 heterocycles. The molecule has 0 radical (unpaired) electrons. The molecule has 13 heavy (non-hydrogen) atoms. The molecule has 1 saturated carbocycles. The molecule has 1 fully saturated rings. The zero-order chi connectivity index (χ0) is 9.42. The Kier molecular flexibility index (Phi) is 2.87. The molecule has 0 spiro atoms. The molecule has 0 aliphatic heterocycles. The molecular weight excluding hydrogens is 223 g/mol. The maximum Gasteiger partial charge on any atom is 0.0721 e. The zero-order valence-electron chi connectivity index (χ0n) is 7.47. The Labute approximate surface area is 92.9 Å². The van der Waals surface area contributed by atoms with Crippen LogP contribution in [0.25, 0.3) is 0 Å². The highest BCUT2D eigenvalue weighted by Crippen LogP contribution is 2.47. The Hall–Kier alpha value is 0.280. The predicted octanol–water partition coefficient (Wildman–Crippen LogP) is 4.73. The van der Waals surface area contributed by atoms with Gasteiger partial charge in [-0.05, 0) is 36.1 Å². The van der Waals surface area contributed by atoms with Crippen molar-refractivity contribution in [2.45, 2.75) is 25.1 Å². The summed E-state index contributed by atoms with van der Waals surface area (Å²) in [6.07, 6.45) is 2.68. The summed E-state index contributed by atoms with van der Waals surface area (Å²) in [7, 11) is 0. The van der Waals surface area contributed by atoms with Gasteiger partial charge in [-0.3, -0.25) is 0 Å². The van der Waals surface area contributed by atoms with E-state index in [1.54, 1.807) is 11.3 Å². The normalized spacial score (nSPS) is 21.5. The fourth-order valence-corrected chi connectivity index (χ4v) is 3.40. The maximum atomic E-state index is 6.36. The second-order valence-corrected chi connectivity index (χ2v) is 5.56. The minimum atomic E-state index is 0.111. The van der Waals surface area contributed by atoms with Gasteiger partial charge in [0, 0.05) is 4.88 Å². The zero-order valence-corrected chi connectivity index (χ0v) is 9.79. The summed E-state index contributed by atoms with van der Waals surface area (Å²) in [5.41, 5.74) is 0. The lowest BCUT2D eigenvalue weighted by Crippen LogP contribution is -2.04. The van der Waals surface area contributed by atoms with Crippen LogP contribution in [0.15, 0.2) is 11.4 Å². The summed E-state index contributed by atoms with van der Waals surface area (Å²) in [6.45, 7) is 2.23. The minimum absolute atomic E-state index is 0.111. The summed E-state index contributed by atoms with van der Waals surface area (Å²) in [6, 6.07) is 1.93. The van der Waals surface area contributed by atoms with Gasteiger partial charge >= 0.3 is 0 Å². The van der Waals surface area contributed by atoms with Crippen LogP contribution < -0.4 is 0 Å². The smallest absolute Gasteiger partial charge is 0.0721 e. The van der Waals surface area contributed by atoms with Gasteiger partial charge in [0.15, 0.2) is 0 Å². The summed E-state index contributed by atoms with van der Waals surface area (Å²) < 4.78 is 0. The van der Waals surface area contributed by atoms with Gasteiger partial charge in [-0.15, -0.1) is 22.9 Å². The molecule has 72 valence electrons. The fourth-order valence-electron chi connectivity index (χ4n) is 1.60. The van der Waals surface area contributed by atoms with Crippen molar-refractivity contribution in [1.29, 1.82) is 0 Å². The molecular formula is C10H12Cl2S. The lowest BCUT2D eigenvalue weighted by atomic mass is 10.0. The summed E-state index contributed by atoms with van der Waals surface area (Å²) in [5, 5.41) is 2.95. The van der Waals surface area contributed by atoms with Crippen LogP contribution in [0.1, 0.15) is 30.0 Å². The third-order valence-corrected chi connectivity index (χ3v) is 4.91. The first-order valence-corrected chi connectivity index (χ1v) is 6.26. The molecule has 0 bridgehead atoms. The lowest BCUT2D eigenvalue weighted by molar-refractivity contribution is 0.495. The quantitative estimate of drug-likeness (QED) is 0.664. The number of hydrogen-bond acceptors (Lipinski definition) is 1. The number of alkyl halides is 1. The van der Waals surface area contributed by atoms with Crippen LogP contribution in [-0.4, -0.2) is 0 Å². The van der Waals surface area contributed by atoms with E-state index in [2.05, 4.69) is 6.92 Å². The Morgan fingerprint density at radius 1 is 1.54 bits per heavy atom. The molecule has 0 aromatic carbocycles. The van der Waals surface area contributed by atoms with Crippen molar-refractivity contribution >= 4 is 34.5 Å². The Bertz CT molecular complexity index is 291. The van der Waals surface area contributed by atoms with Crippen LogP contribution >= 0.6 is 34.5 Å². The van der Waals surface area contributed by atoms with Crippen LogP contribution in [-0.2, 0) is 0 Å². The van der Waals surface area contributed by atoms with Crippen molar-refractivity contribution in [3.63, 3.8) is 0 Å². The highest BCUT2D eigenvalue weighted by Gasteiger charge is 2.34. The van der Waals surface area contributed by atoms with Crippen molar-refractivity contribution in [1.82, 2.24) is 0 Å². The van der Waals surface area contributed by atoms with Gasteiger partial charge in [0.05, 0.1) is 10.4 Å². The monoisotopic (exact) mass is 234 g/mol. The Morgan fingerprint density at radius 2 is 2.23 bits per heavy atom. The van der Waals surface area contributed by atoms with Crippen molar-refractivity contribution in [2.24, 2.45) is 11.8 Å². The van der Waals surface area contributed by atoms with E-state index in [9.17, 15) is 0 Å². The third-order valence-electron chi connectivity index (χ3n) is 2.72. The molecule has 0 amide bonds. The first kappa shape index (κ1) is 9.82. The summed E-state index contributed by atoms with van der Waals surface area (Å²) in [5.74, 6) is 1.40. The molecule has 3 heteroatoms. The van der Waals surface area contributed by atoms with Crippen molar-refractivity contribution in [2.75, 3.05) is 0 Å². The summed E-state index contributed by atoms with van der Waals surface area (Å²) >= 11 is 14.1. The maximum absolute atomic E-state index is 6.36. The molecule has 1 aromatic heterocycles. The molecule has 2 rings (SSSR count). The number of rotatable bonds is 3. The number of halogens is 2. The summed E-state index contributed by atoms with van der Waals surface area (Å²) in [4.78, 5) is 1.14. The predicted molar refractivity (Wildman–Crippen MR) is 59.8 cm³/mol. The number of thiophene rings is 1. The van der Waals surface area contributed by atoms with Crippen LogP contribution in [0.4, 0.5) is 0 Å². The molecule has 1 aromatic rings. The molecule has 2 unspecified atom stereocenters. The number of hydrogen-bond donors (Lipinski definition) is 0. The fraction of sp³-hybridized carbons (Fsp3) is 0.600. The van der Waals surface area contributed by atoms with E-state index in [0.29, 0.717) is 5.92 Å². The first-order chi connectivity index (χ1) is 6.20. The van der Waals surface area contributed by atoms with Gasteiger partial charge in [-0.25, -0.2) is 0 Å². The highest BCUT2D eigenvalue weighted by atomic mass is 35.5. The van der Waals surface area contributed by atoms with Crippen molar-refractivity contribution in [3.05, 3.63) is 21.3 Å². The van der Waals surface area contributed by atoms with Crippen molar-refractivity contribution < 1.29 is 0 Å². The van der Waals surface area contributed by atoms with Gasteiger partial charge in [0.2, 0.25) is 0 Å². The molecule has 0 saturated heterocycles. The van der Waals surface area contributed by atoms with E-state index >= 15 is 0 Å². The van der Waals surface area contributed by atoms with Gasteiger partial charge in [-0.2, -0.15) is 0 Å². The molecule has 0 N–H and O–H groups in total. The van der Waals surface area contributed by atoms with E-state index < -0.39 is 0 Å². The van der Waals surface area contributed by atoms with E-state index in [1.807, 2.05) is 11.4 Å². The third kappa shape index (κ3) is 2.03. The topological polar surface area (TPSA) is 0 Å². The Balaban J connectivity index is 2.11. The molecule has 2 atom stereocenters. The molecule has 1 aliphatic carbocycles. The molecule has 1 aliphatic rings. The first-order valence-electron chi connectivity index (χ1n) is 4.57. The largest absolute Gasteiger partial charge is 0.146 e.